The molecule has 0 aliphatic carbocycles. The Balaban J connectivity index is 1.41. The van der Waals surface area contributed by atoms with Crippen molar-refractivity contribution in [3.05, 3.63) is 89.2 Å². The van der Waals surface area contributed by atoms with Gasteiger partial charge in [-0.1, -0.05) is 24.3 Å². The number of nitrogens with one attached hydrogen (secondary N) is 4. The number of anilines is 4. The third kappa shape index (κ3) is 10.5. The molecule has 14 heteroatoms. The molecule has 0 saturated heterocycles. The van der Waals surface area contributed by atoms with Crippen LogP contribution in [-0.2, 0) is 22.6 Å². The standard InChI is InChI=1S/C32H39FN8O5/c1-43-27-5-3-4-24(28(27)44-2)21-37-31-39-30(36-20-22-6-10-25(33)11-7-22)40-32(41-31)38-26-12-8-23(9-13-26)29(42)35-15-17-46-19-18-45-16-14-34/h3-13H,14-21,34H2,1-2H3,(H,35,42)(H3,36,37,38,39,40,41). The van der Waals surface area contributed by atoms with E-state index in [1.807, 2.05) is 18.2 Å². The molecule has 0 spiro atoms. The number of aromatic nitrogens is 3. The molecule has 0 fully saturated rings. The molecule has 0 atom stereocenters. The predicted octanol–water partition coefficient (Wildman–Crippen LogP) is 3.72. The smallest absolute Gasteiger partial charge is 0.251 e. The zero-order chi connectivity index (χ0) is 32.6. The lowest BCUT2D eigenvalue weighted by Gasteiger charge is -2.14. The van der Waals surface area contributed by atoms with Gasteiger partial charge in [0, 0.05) is 43.0 Å². The minimum absolute atomic E-state index is 0.221. The highest BCUT2D eigenvalue weighted by Gasteiger charge is 2.12. The van der Waals surface area contributed by atoms with Crippen molar-refractivity contribution in [3.63, 3.8) is 0 Å². The first-order chi connectivity index (χ1) is 22.5. The van der Waals surface area contributed by atoms with Crippen molar-refractivity contribution in [1.82, 2.24) is 20.3 Å². The molecule has 1 heterocycles. The number of methoxy groups -OCH3 is 2. The van der Waals surface area contributed by atoms with Crippen LogP contribution in [0.4, 0.5) is 27.9 Å². The zero-order valence-electron chi connectivity index (χ0n) is 25.8. The van der Waals surface area contributed by atoms with E-state index < -0.39 is 0 Å². The Bertz CT molecular complexity index is 1530. The molecule has 0 bridgehead atoms. The van der Waals surface area contributed by atoms with E-state index in [0.29, 0.717) is 87.3 Å². The van der Waals surface area contributed by atoms with E-state index in [1.54, 1.807) is 50.6 Å². The SMILES string of the molecule is COc1cccc(CNc2nc(NCc3ccc(F)cc3)nc(Nc3ccc(C(=O)NCCOCCOCCN)cc3)n2)c1OC. The summed E-state index contributed by atoms with van der Waals surface area (Å²) in [6, 6.07) is 18.6. The van der Waals surface area contributed by atoms with Gasteiger partial charge in [-0.25, -0.2) is 4.39 Å². The molecule has 0 saturated carbocycles. The highest BCUT2D eigenvalue weighted by atomic mass is 19.1. The molecule has 244 valence electrons. The van der Waals surface area contributed by atoms with Crippen molar-refractivity contribution in [1.29, 1.82) is 0 Å². The molecule has 13 nitrogen and oxygen atoms in total. The Morgan fingerprint density at radius 2 is 1.46 bits per heavy atom. The zero-order valence-corrected chi connectivity index (χ0v) is 25.8. The number of carbonyl (C=O) groups is 1. The summed E-state index contributed by atoms with van der Waals surface area (Å²) in [5, 5.41) is 12.4. The summed E-state index contributed by atoms with van der Waals surface area (Å²) in [5.41, 5.74) is 8.21. The van der Waals surface area contributed by atoms with Crippen LogP contribution in [0.5, 0.6) is 11.5 Å². The summed E-state index contributed by atoms with van der Waals surface area (Å²) in [5.74, 6) is 1.54. The van der Waals surface area contributed by atoms with Gasteiger partial charge >= 0.3 is 0 Å². The summed E-state index contributed by atoms with van der Waals surface area (Å²) < 4.78 is 35.0. The van der Waals surface area contributed by atoms with Crippen molar-refractivity contribution in [2.75, 3.05) is 69.7 Å². The van der Waals surface area contributed by atoms with E-state index >= 15 is 0 Å². The van der Waals surface area contributed by atoms with Gasteiger partial charge in [0.2, 0.25) is 17.8 Å². The molecule has 1 amide bonds. The highest BCUT2D eigenvalue weighted by molar-refractivity contribution is 5.94. The lowest BCUT2D eigenvalue weighted by molar-refractivity contribution is 0.0511. The monoisotopic (exact) mass is 634 g/mol. The van der Waals surface area contributed by atoms with Crippen LogP contribution in [0.1, 0.15) is 21.5 Å². The van der Waals surface area contributed by atoms with Crippen molar-refractivity contribution >= 4 is 29.4 Å². The van der Waals surface area contributed by atoms with E-state index in [0.717, 1.165) is 11.1 Å². The Kier molecular flexibility index (Phi) is 13.3. The van der Waals surface area contributed by atoms with Crippen molar-refractivity contribution in [2.45, 2.75) is 13.1 Å². The Morgan fingerprint density at radius 1 is 0.783 bits per heavy atom. The van der Waals surface area contributed by atoms with Gasteiger partial charge in [0.25, 0.3) is 5.91 Å². The highest BCUT2D eigenvalue weighted by Crippen LogP contribution is 2.31. The number of nitrogens with zero attached hydrogens (tertiary/aromatic N) is 3. The van der Waals surface area contributed by atoms with Crippen LogP contribution in [-0.4, -0.2) is 74.6 Å². The van der Waals surface area contributed by atoms with Gasteiger partial charge in [0.1, 0.15) is 5.82 Å². The van der Waals surface area contributed by atoms with Gasteiger partial charge < -0.3 is 45.9 Å². The maximum atomic E-state index is 13.4. The molecule has 0 aliphatic rings. The lowest BCUT2D eigenvalue weighted by atomic mass is 10.2. The molecule has 4 rings (SSSR count). The van der Waals surface area contributed by atoms with Crippen molar-refractivity contribution in [2.24, 2.45) is 5.73 Å². The molecule has 6 N–H and O–H groups in total. The fourth-order valence-corrected chi connectivity index (χ4v) is 4.22. The topological polar surface area (TPSA) is 167 Å². The summed E-state index contributed by atoms with van der Waals surface area (Å²) in [4.78, 5) is 26.1. The van der Waals surface area contributed by atoms with E-state index in [9.17, 15) is 9.18 Å². The number of rotatable bonds is 19. The number of halogens is 1. The predicted molar refractivity (Wildman–Crippen MR) is 173 cm³/mol. The molecular weight excluding hydrogens is 595 g/mol. The minimum Gasteiger partial charge on any atom is -0.493 e. The number of carbonyl (C=O) groups excluding carboxylic acids is 1. The second-order valence-corrected chi connectivity index (χ2v) is 9.76. The maximum absolute atomic E-state index is 13.4. The van der Waals surface area contributed by atoms with E-state index in [4.69, 9.17) is 24.7 Å². The molecule has 3 aromatic carbocycles. The summed E-state index contributed by atoms with van der Waals surface area (Å²) in [6.45, 7) is 3.30. The van der Waals surface area contributed by atoms with Gasteiger partial charge in [0.05, 0.1) is 40.6 Å². The fraction of sp³-hybridized carbons (Fsp3) is 0.312. The molecule has 46 heavy (non-hydrogen) atoms. The van der Waals surface area contributed by atoms with Gasteiger partial charge in [0.15, 0.2) is 11.5 Å². The first kappa shape index (κ1) is 33.8. The molecule has 4 aromatic rings. The summed E-state index contributed by atoms with van der Waals surface area (Å²) in [6.07, 6.45) is 0. The van der Waals surface area contributed by atoms with Crippen LogP contribution in [0.2, 0.25) is 0 Å². The van der Waals surface area contributed by atoms with Gasteiger partial charge in [-0.3, -0.25) is 4.79 Å². The average molecular weight is 635 g/mol. The Hall–Kier alpha value is -5.05. The number of amides is 1. The number of ether oxygens (including phenoxy) is 4. The molecule has 0 radical (unpaired) electrons. The third-order valence-electron chi connectivity index (χ3n) is 6.49. The summed E-state index contributed by atoms with van der Waals surface area (Å²) >= 11 is 0. The first-order valence-corrected chi connectivity index (χ1v) is 14.7. The molecule has 0 unspecified atom stereocenters. The van der Waals surface area contributed by atoms with Gasteiger partial charge in [-0.2, -0.15) is 15.0 Å². The second kappa shape index (κ2) is 18.0. The van der Waals surface area contributed by atoms with Crippen LogP contribution in [0, 0.1) is 5.82 Å². The number of nitrogens with two attached hydrogens (primary N) is 1. The van der Waals surface area contributed by atoms with Gasteiger partial charge in [-0.15, -0.1) is 0 Å². The van der Waals surface area contributed by atoms with Crippen molar-refractivity contribution in [3.8, 4) is 11.5 Å². The van der Waals surface area contributed by atoms with Crippen LogP contribution >= 0.6 is 0 Å². The largest absolute Gasteiger partial charge is 0.493 e. The second-order valence-electron chi connectivity index (χ2n) is 9.76. The number of hydrogen-bond donors (Lipinski definition) is 5. The number of hydrogen-bond acceptors (Lipinski definition) is 12. The number of benzene rings is 3. The van der Waals surface area contributed by atoms with E-state index in [2.05, 4.69) is 36.2 Å². The van der Waals surface area contributed by atoms with Crippen LogP contribution in [0.25, 0.3) is 0 Å². The molecular formula is C32H39FN8O5. The third-order valence-corrected chi connectivity index (χ3v) is 6.49. The fourth-order valence-electron chi connectivity index (χ4n) is 4.22. The van der Waals surface area contributed by atoms with Crippen molar-refractivity contribution < 1.29 is 28.1 Å². The van der Waals surface area contributed by atoms with Crippen LogP contribution < -0.4 is 36.5 Å². The van der Waals surface area contributed by atoms with E-state index in [1.165, 1.54) is 12.1 Å². The Labute approximate surface area is 267 Å². The Morgan fingerprint density at radius 3 is 2.13 bits per heavy atom. The normalized spacial score (nSPS) is 10.7. The molecule has 0 aliphatic heterocycles. The molecule has 1 aromatic heterocycles. The van der Waals surface area contributed by atoms with Crippen LogP contribution in [0.15, 0.2) is 66.7 Å². The quantitative estimate of drug-likeness (QED) is 0.0951. The average Bonchev–Trinajstić information content (AvgIpc) is 3.08. The van der Waals surface area contributed by atoms with E-state index in [-0.39, 0.29) is 17.7 Å². The van der Waals surface area contributed by atoms with Crippen LogP contribution in [0.3, 0.4) is 0 Å². The summed E-state index contributed by atoms with van der Waals surface area (Å²) in [7, 11) is 3.16. The van der Waals surface area contributed by atoms with Gasteiger partial charge in [-0.05, 0) is 48.0 Å². The first-order valence-electron chi connectivity index (χ1n) is 14.7. The lowest BCUT2D eigenvalue weighted by Crippen LogP contribution is -2.27. The number of para-hydroxylation sites is 1. The maximum Gasteiger partial charge on any atom is 0.251 e. The minimum atomic E-state index is -0.312.